The highest BCUT2D eigenvalue weighted by molar-refractivity contribution is 7.10. The second-order valence-corrected chi connectivity index (χ2v) is 11.0. The van der Waals surface area contributed by atoms with Gasteiger partial charge in [-0.2, -0.15) is 0 Å². The minimum Gasteiger partial charge on any atom is -0.355 e. The molecule has 1 fully saturated rings. The summed E-state index contributed by atoms with van der Waals surface area (Å²) >= 11 is 1.64. The van der Waals surface area contributed by atoms with Gasteiger partial charge in [-0.15, -0.1) is 11.3 Å². The molecule has 2 atom stereocenters. The van der Waals surface area contributed by atoms with Crippen molar-refractivity contribution in [1.82, 2.24) is 15.1 Å². The van der Waals surface area contributed by atoms with Crippen LogP contribution in [0.25, 0.3) is 0 Å². The molecule has 0 unspecified atom stereocenters. The molecule has 1 aliphatic heterocycles. The van der Waals surface area contributed by atoms with Crippen molar-refractivity contribution in [1.29, 1.82) is 0 Å². The molecule has 0 spiro atoms. The van der Waals surface area contributed by atoms with Gasteiger partial charge in [-0.3, -0.25) is 9.59 Å². The van der Waals surface area contributed by atoms with E-state index in [1.807, 2.05) is 41.8 Å². The van der Waals surface area contributed by atoms with Crippen molar-refractivity contribution in [2.75, 3.05) is 20.1 Å². The fraction of sp³-hybridized carbons (Fsp3) is 0.400. The van der Waals surface area contributed by atoms with Gasteiger partial charge in [0.1, 0.15) is 0 Å². The van der Waals surface area contributed by atoms with E-state index in [9.17, 15) is 9.59 Å². The lowest BCUT2D eigenvalue weighted by Gasteiger charge is -2.44. The predicted molar refractivity (Wildman–Crippen MR) is 145 cm³/mol. The molecular formula is C30H35N3O2S. The molecule has 1 N–H and O–H groups in total. The Kier molecular flexibility index (Phi) is 7.83. The molecular weight excluding hydrogens is 466 g/mol. The molecule has 1 aliphatic carbocycles. The van der Waals surface area contributed by atoms with E-state index in [1.165, 1.54) is 5.56 Å². The van der Waals surface area contributed by atoms with Crippen LogP contribution in [-0.2, 0) is 11.3 Å². The number of carbonyl (C=O) groups is 2. The maximum atomic E-state index is 13.8. The third-order valence-corrected chi connectivity index (χ3v) is 8.47. The lowest BCUT2D eigenvalue weighted by Crippen LogP contribution is -2.50. The molecule has 1 aromatic heterocycles. The van der Waals surface area contributed by atoms with Gasteiger partial charge in [-0.25, -0.2) is 0 Å². The standard InChI is InChI=1S/C30H35N3O2S/c1-32(21-22-11-3-2-4-12-22)19-10-18-31-29(34)27-24-15-7-8-16-25(24)30(35)33(23-13-5-6-14-23)28(27)26-17-9-20-36-26/h2-4,7-9,11-12,15-17,20,23,27-28H,5-6,10,13-14,18-19,21H2,1H3,(H,31,34)/t27-,28+/m1/s1. The summed E-state index contributed by atoms with van der Waals surface area (Å²) in [6.07, 6.45) is 5.18. The van der Waals surface area contributed by atoms with Crippen LogP contribution in [0.2, 0.25) is 0 Å². The van der Waals surface area contributed by atoms with E-state index in [0.29, 0.717) is 12.1 Å². The van der Waals surface area contributed by atoms with E-state index in [1.54, 1.807) is 11.3 Å². The summed E-state index contributed by atoms with van der Waals surface area (Å²) in [7, 11) is 2.12. The topological polar surface area (TPSA) is 52.7 Å². The largest absolute Gasteiger partial charge is 0.355 e. The third kappa shape index (κ3) is 5.25. The van der Waals surface area contributed by atoms with Crippen molar-refractivity contribution in [3.05, 3.63) is 93.7 Å². The minimum atomic E-state index is -0.403. The van der Waals surface area contributed by atoms with E-state index >= 15 is 0 Å². The molecule has 5 nitrogen and oxygen atoms in total. The molecule has 36 heavy (non-hydrogen) atoms. The Labute approximate surface area is 218 Å². The number of fused-ring (bicyclic) bond motifs is 1. The van der Waals surface area contributed by atoms with Crippen molar-refractivity contribution in [2.24, 2.45) is 0 Å². The number of thiophene rings is 1. The van der Waals surface area contributed by atoms with E-state index in [-0.39, 0.29) is 23.9 Å². The first-order valence-corrected chi connectivity index (χ1v) is 14.0. The first kappa shape index (κ1) is 24.7. The SMILES string of the molecule is CN(CCCNC(=O)[C@@H]1c2ccccc2C(=O)N(C2CCCC2)[C@H]1c1cccs1)Cc1ccccc1. The zero-order valence-electron chi connectivity index (χ0n) is 20.9. The van der Waals surface area contributed by atoms with Crippen LogP contribution in [0.15, 0.2) is 72.1 Å². The van der Waals surface area contributed by atoms with Crippen LogP contribution < -0.4 is 5.32 Å². The second-order valence-electron chi connectivity index (χ2n) is 10.0. The Morgan fingerprint density at radius 2 is 1.78 bits per heavy atom. The number of hydrogen-bond donors (Lipinski definition) is 1. The van der Waals surface area contributed by atoms with Crippen LogP contribution in [0, 0.1) is 0 Å². The zero-order valence-corrected chi connectivity index (χ0v) is 21.8. The predicted octanol–water partition coefficient (Wildman–Crippen LogP) is 5.61. The number of carbonyl (C=O) groups excluding carboxylic acids is 2. The average molecular weight is 502 g/mol. The van der Waals surface area contributed by atoms with Gasteiger partial charge in [0.25, 0.3) is 5.91 Å². The first-order valence-electron chi connectivity index (χ1n) is 13.1. The minimum absolute atomic E-state index is 0.0158. The highest BCUT2D eigenvalue weighted by Crippen LogP contribution is 2.47. The van der Waals surface area contributed by atoms with Gasteiger partial charge in [0.2, 0.25) is 5.91 Å². The zero-order chi connectivity index (χ0) is 24.9. The third-order valence-electron chi connectivity index (χ3n) is 7.52. The number of nitrogens with one attached hydrogen (secondary N) is 1. The number of amides is 2. The van der Waals surface area contributed by atoms with Crippen LogP contribution in [0.5, 0.6) is 0 Å². The highest BCUT2D eigenvalue weighted by Gasteiger charge is 2.47. The van der Waals surface area contributed by atoms with Crippen LogP contribution in [-0.4, -0.2) is 47.8 Å². The highest BCUT2D eigenvalue weighted by atomic mass is 32.1. The summed E-state index contributed by atoms with van der Waals surface area (Å²) in [6, 6.07) is 22.2. The molecule has 2 aromatic carbocycles. The van der Waals surface area contributed by atoms with E-state index in [2.05, 4.69) is 52.5 Å². The summed E-state index contributed by atoms with van der Waals surface area (Å²) in [5.41, 5.74) is 2.83. The Morgan fingerprint density at radius 3 is 2.53 bits per heavy atom. The first-order chi connectivity index (χ1) is 17.6. The number of benzene rings is 2. The van der Waals surface area contributed by atoms with Crippen molar-refractivity contribution < 1.29 is 9.59 Å². The lowest BCUT2D eigenvalue weighted by atomic mass is 9.80. The quantitative estimate of drug-likeness (QED) is 0.388. The summed E-state index contributed by atoms with van der Waals surface area (Å²) in [5.74, 6) is -0.315. The van der Waals surface area contributed by atoms with Gasteiger partial charge in [0.15, 0.2) is 0 Å². The van der Waals surface area contributed by atoms with Gasteiger partial charge in [0, 0.05) is 29.6 Å². The molecule has 3 aromatic rings. The summed E-state index contributed by atoms with van der Waals surface area (Å²) in [4.78, 5) is 33.0. The monoisotopic (exact) mass is 501 g/mol. The number of hydrogen-bond acceptors (Lipinski definition) is 4. The smallest absolute Gasteiger partial charge is 0.254 e. The normalized spacial score (nSPS) is 20.1. The maximum absolute atomic E-state index is 13.8. The second kappa shape index (κ2) is 11.4. The van der Waals surface area contributed by atoms with Crippen molar-refractivity contribution in [3.63, 3.8) is 0 Å². The molecule has 0 radical (unpaired) electrons. The summed E-state index contributed by atoms with van der Waals surface area (Å²) in [5, 5.41) is 5.28. The maximum Gasteiger partial charge on any atom is 0.254 e. The molecule has 2 aliphatic rings. The van der Waals surface area contributed by atoms with Gasteiger partial charge in [-0.05, 0) is 61.5 Å². The number of rotatable bonds is 9. The molecule has 2 amide bonds. The fourth-order valence-corrected chi connectivity index (χ4v) is 6.69. The Balaban J connectivity index is 1.32. The fourth-order valence-electron chi connectivity index (χ4n) is 5.82. The molecule has 5 rings (SSSR count). The molecule has 0 saturated heterocycles. The number of nitrogens with zero attached hydrogens (tertiary/aromatic N) is 2. The average Bonchev–Trinajstić information content (AvgIpc) is 3.62. The van der Waals surface area contributed by atoms with Crippen LogP contribution >= 0.6 is 11.3 Å². The van der Waals surface area contributed by atoms with Crippen molar-refractivity contribution >= 4 is 23.2 Å². The van der Waals surface area contributed by atoms with E-state index < -0.39 is 5.92 Å². The molecule has 2 heterocycles. The van der Waals surface area contributed by atoms with Gasteiger partial charge < -0.3 is 15.1 Å². The van der Waals surface area contributed by atoms with Crippen LogP contribution in [0.1, 0.15) is 70.4 Å². The van der Waals surface area contributed by atoms with Gasteiger partial charge in [-0.1, -0.05) is 67.4 Å². The van der Waals surface area contributed by atoms with E-state index in [4.69, 9.17) is 0 Å². The Morgan fingerprint density at radius 1 is 1.03 bits per heavy atom. The van der Waals surface area contributed by atoms with Crippen molar-refractivity contribution in [3.8, 4) is 0 Å². The summed E-state index contributed by atoms with van der Waals surface area (Å²) < 4.78 is 0. The van der Waals surface area contributed by atoms with Crippen LogP contribution in [0.3, 0.4) is 0 Å². The summed E-state index contributed by atoms with van der Waals surface area (Å²) in [6.45, 7) is 2.41. The lowest BCUT2D eigenvalue weighted by molar-refractivity contribution is -0.124. The molecule has 1 saturated carbocycles. The molecule has 188 valence electrons. The molecule has 6 heteroatoms. The Hall–Kier alpha value is -2.96. The van der Waals surface area contributed by atoms with Crippen LogP contribution in [0.4, 0.5) is 0 Å². The molecule has 0 bridgehead atoms. The van der Waals surface area contributed by atoms with Gasteiger partial charge >= 0.3 is 0 Å². The Bertz CT molecular complexity index is 1160. The van der Waals surface area contributed by atoms with Crippen molar-refractivity contribution in [2.45, 2.75) is 56.7 Å². The van der Waals surface area contributed by atoms with E-state index in [0.717, 1.165) is 55.6 Å². The van der Waals surface area contributed by atoms with Gasteiger partial charge in [0.05, 0.1) is 12.0 Å².